The van der Waals surface area contributed by atoms with Crippen molar-refractivity contribution in [2.45, 2.75) is 13.0 Å². The zero-order valence-corrected chi connectivity index (χ0v) is 6.80. The normalized spacial score (nSPS) is 13.0. The summed E-state index contributed by atoms with van der Waals surface area (Å²) >= 11 is 0. The van der Waals surface area contributed by atoms with Gasteiger partial charge >= 0.3 is 5.69 Å². The largest absolute Gasteiger partial charge is 0.343 e. The van der Waals surface area contributed by atoms with Gasteiger partial charge in [-0.05, 0) is 6.92 Å². The van der Waals surface area contributed by atoms with Crippen molar-refractivity contribution in [3.8, 4) is 0 Å². The fourth-order valence-electron chi connectivity index (χ4n) is 1.00. The standard InChI is InChI=1S/C5H7N7O/c1-3(4-7-10-11-8-4)12-2-6-9-5(12)13/h2-3H,1H3,(H,9,13)(H,7,8,10,11). The monoisotopic (exact) mass is 181 g/mol. The molecule has 0 saturated carbocycles. The van der Waals surface area contributed by atoms with Crippen molar-refractivity contribution in [1.82, 2.24) is 35.4 Å². The van der Waals surface area contributed by atoms with Crippen LogP contribution < -0.4 is 5.69 Å². The van der Waals surface area contributed by atoms with Crippen molar-refractivity contribution in [1.29, 1.82) is 0 Å². The zero-order chi connectivity index (χ0) is 9.26. The third-order valence-corrected chi connectivity index (χ3v) is 1.73. The number of aromatic amines is 2. The van der Waals surface area contributed by atoms with E-state index in [0.29, 0.717) is 5.82 Å². The van der Waals surface area contributed by atoms with Gasteiger partial charge in [-0.2, -0.15) is 10.3 Å². The molecule has 8 heteroatoms. The Bertz CT molecular complexity index is 426. The van der Waals surface area contributed by atoms with Gasteiger partial charge in [-0.1, -0.05) is 5.21 Å². The molecule has 8 nitrogen and oxygen atoms in total. The van der Waals surface area contributed by atoms with E-state index in [4.69, 9.17) is 0 Å². The van der Waals surface area contributed by atoms with Crippen LogP contribution in [0.3, 0.4) is 0 Å². The number of nitrogens with one attached hydrogen (secondary N) is 2. The summed E-state index contributed by atoms with van der Waals surface area (Å²) in [6, 6.07) is -0.273. The molecule has 0 spiro atoms. The lowest BCUT2D eigenvalue weighted by Crippen LogP contribution is -2.21. The van der Waals surface area contributed by atoms with Crippen LogP contribution in [0.5, 0.6) is 0 Å². The molecule has 0 aliphatic carbocycles. The zero-order valence-electron chi connectivity index (χ0n) is 6.80. The Balaban J connectivity index is 2.39. The summed E-state index contributed by atoms with van der Waals surface area (Å²) in [5.74, 6) is 0.448. The van der Waals surface area contributed by atoms with E-state index in [1.165, 1.54) is 10.9 Å². The third kappa shape index (κ3) is 1.21. The van der Waals surface area contributed by atoms with E-state index < -0.39 is 0 Å². The van der Waals surface area contributed by atoms with Gasteiger partial charge in [0, 0.05) is 0 Å². The molecule has 2 N–H and O–H groups in total. The Morgan fingerprint density at radius 1 is 1.62 bits per heavy atom. The van der Waals surface area contributed by atoms with Crippen LogP contribution in [0.2, 0.25) is 0 Å². The number of aromatic nitrogens is 7. The van der Waals surface area contributed by atoms with Gasteiger partial charge in [0.25, 0.3) is 0 Å². The fraction of sp³-hybridized carbons (Fsp3) is 0.400. The highest BCUT2D eigenvalue weighted by molar-refractivity contribution is 4.90. The van der Waals surface area contributed by atoms with E-state index in [0.717, 1.165) is 0 Å². The Labute approximate surface area is 72.0 Å². The highest BCUT2D eigenvalue weighted by Gasteiger charge is 2.13. The number of hydrogen-bond acceptors (Lipinski definition) is 5. The fourth-order valence-corrected chi connectivity index (χ4v) is 1.00. The van der Waals surface area contributed by atoms with E-state index in [-0.39, 0.29) is 11.7 Å². The number of nitrogens with zero attached hydrogens (tertiary/aromatic N) is 5. The molecule has 0 bridgehead atoms. The molecular formula is C5H7N7O. The maximum atomic E-state index is 11.1. The number of hydrogen-bond donors (Lipinski definition) is 2. The number of H-pyrrole nitrogens is 2. The first kappa shape index (κ1) is 7.65. The number of rotatable bonds is 2. The Morgan fingerprint density at radius 3 is 3.00 bits per heavy atom. The highest BCUT2D eigenvalue weighted by Crippen LogP contribution is 2.07. The molecule has 2 aromatic heterocycles. The Morgan fingerprint density at radius 2 is 2.46 bits per heavy atom. The van der Waals surface area contributed by atoms with Crippen LogP contribution in [0.15, 0.2) is 11.1 Å². The molecule has 0 radical (unpaired) electrons. The van der Waals surface area contributed by atoms with Crippen molar-refractivity contribution in [3.63, 3.8) is 0 Å². The topological polar surface area (TPSA) is 105 Å². The van der Waals surface area contributed by atoms with Gasteiger partial charge in [-0.3, -0.25) is 4.57 Å². The van der Waals surface area contributed by atoms with Crippen LogP contribution in [0.1, 0.15) is 18.8 Å². The van der Waals surface area contributed by atoms with Crippen molar-refractivity contribution in [2.75, 3.05) is 0 Å². The maximum absolute atomic E-state index is 11.1. The van der Waals surface area contributed by atoms with Crippen LogP contribution in [-0.4, -0.2) is 35.4 Å². The van der Waals surface area contributed by atoms with E-state index >= 15 is 0 Å². The molecule has 68 valence electrons. The van der Waals surface area contributed by atoms with E-state index in [9.17, 15) is 4.79 Å². The summed E-state index contributed by atoms with van der Waals surface area (Å²) in [5, 5.41) is 19.1. The molecule has 2 aromatic rings. The minimum Gasteiger partial charge on any atom is -0.271 e. The minimum atomic E-state index is -0.294. The maximum Gasteiger partial charge on any atom is 0.343 e. The average molecular weight is 181 g/mol. The van der Waals surface area contributed by atoms with Crippen LogP contribution in [0, 0.1) is 0 Å². The first-order chi connectivity index (χ1) is 6.29. The predicted octanol–water partition coefficient (Wildman–Crippen LogP) is -1.31. The molecule has 2 rings (SSSR count). The van der Waals surface area contributed by atoms with Gasteiger partial charge in [0.1, 0.15) is 12.4 Å². The van der Waals surface area contributed by atoms with Crippen molar-refractivity contribution < 1.29 is 0 Å². The van der Waals surface area contributed by atoms with E-state index in [1.807, 2.05) is 0 Å². The van der Waals surface area contributed by atoms with Crippen LogP contribution in [0.25, 0.3) is 0 Å². The molecule has 0 saturated heterocycles. The van der Waals surface area contributed by atoms with Gasteiger partial charge in [-0.25, -0.2) is 9.89 Å². The van der Waals surface area contributed by atoms with Gasteiger partial charge < -0.3 is 0 Å². The lowest BCUT2D eigenvalue weighted by atomic mass is 10.3. The second-order valence-corrected chi connectivity index (χ2v) is 2.51. The molecule has 13 heavy (non-hydrogen) atoms. The van der Waals surface area contributed by atoms with E-state index in [2.05, 4.69) is 30.8 Å². The lowest BCUT2D eigenvalue weighted by Gasteiger charge is -2.04. The summed E-state index contributed by atoms with van der Waals surface area (Å²) in [6.45, 7) is 1.78. The summed E-state index contributed by atoms with van der Waals surface area (Å²) in [6.07, 6.45) is 1.39. The molecule has 1 atom stereocenters. The summed E-state index contributed by atoms with van der Waals surface area (Å²) in [7, 11) is 0. The Kier molecular flexibility index (Phi) is 1.65. The van der Waals surface area contributed by atoms with Gasteiger partial charge in [0.2, 0.25) is 0 Å². The molecule has 0 aliphatic heterocycles. The summed E-state index contributed by atoms with van der Waals surface area (Å²) < 4.78 is 1.38. The van der Waals surface area contributed by atoms with Gasteiger partial charge in [0.15, 0.2) is 5.82 Å². The van der Waals surface area contributed by atoms with Gasteiger partial charge in [-0.15, -0.1) is 10.2 Å². The predicted molar refractivity (Wildman–Crippen MR) is 40.8 cm³/mol. The first-order valence-corrected chi connectivity index (χ1v) is 3.64. The van der Waals surface area contributed by atoms with Crippen LogP contribution >= 0.6 is 0 Å². The highest BCUT2D eigenvalue weighted by atomic mass is 16.1. The van der Waals surface area contributed by atoms with Crippen LogP contribution in [0.4, 0.5) is 0 Å². The van der Waals surface area contributed by atoms with Crippen molar-refractivity contribution in [2.24, 2.45) is 0 Å². The average Bonchev–Trinajstić information content (AvgIpc) is 2.72. The molecule has 0 aromatic carbocycles. The third-order valence-electron chi connectivity index (χ3n) is 1.73. The van der Waals surface area contributed by atoms with Crippen molar-refractivity contribution >= 4 is 0 Å². The second-order valence-electron chi connectivity index (χ2n) is 2.51. The van der Waals surface area contributed by atoms with Crippen LogP contribution in [-0.2, 0) is 0 Å². The summed E-state index contributed by atoms with van der Waals surface area (Å²) in [4.78, 5) is 11.1. The minimum absolute atomic E-state index is 0.273. The number of tetrazole rings is 1. The lowest BCUT2D eigenvalue weighted by molar-refractivity contribution is 0.581. The summed E-state index contributed by atoms with van der Waals surface area (Å²) in [5.41, 5.74) is -0.294. The molecule has 2 heterocycles. The molecule has 0 aliphatic rings. The Hall–Kier alpha value is -1.99. The molecular weight excluding hydrogens is 174 g/mol. The smallest absolute Gasteiger partial charge is 0.271 e. The van der Waals surface area contributed by atoms with Crippen molar-refractivity contribution in [3.05, 3.63) is 22.6 Å². The quantitative estimate of drug-likeness (QED) is 0.598. The first-order valence-electron chi connectivity index (χ1n) is 3.64. The molecule has 0 fully saturated rings. The molecule has 1 unspecified atom stereocenters. The van der Waals surface area contributed by atoms with Gasteiger partial charge in [0.05, 0.1) is 0 Å². The molecule has 0 amide bonds. The SMILES string of the molecule is CC(c1nn[nH]n1)n1cn[nH]c1=O. The second kappa shape index (κ2) is 2.81. The van der Waals surface area contributed by atoms with E-state index in [1.54, 1.807) is 6.92 Å².